The first-order chi connectivity index (χ1) is 71.5. The average molecular weight is 1860 g/mol. The van der Waals surface area contributed by atoms with Crippen molar-refractivity contribution in [2.75, 3.05) is 0 Å². The number of pyridine rings is 2. The molecule has 14 heteroatoms. The van der Waals surface area contributed by atoms with Gasteiger partial charge < -0.3 is 22.7 Å². The minimum absolute atomic E-state index is 0.465. The molecule has 0 radical (unpaired) electrons. The summed E-state index contributed by atoms with van der Waals surface area (Å²) >= 11 is 1.92. The predicted octanol–water partition coefficient (Wildman–Crippen LogP) is 33.5. The fourth-order valence-electron chi connectivity index (χ4n) is 21.7. The molecule has 0 unspecified atom stereocenters. The Bertz CT molecular complexity index is 9920. The maximum atomic E-state index is 7.34. The van der Waals surface area contributed by atoms with Gasteiger partial charge in [-0.25, -0.2) is 29.9 Å². The van der Waals surface area contributed by atoms with Gasteiger partial charge in [-0.15, -0.1) is 11.3 Å². The Morgan fingerprint density at radius 3 is 0.819 bits per heavy atom. The fourth-order valence-corrected chi connectivity index (χ4v) is 23.1. The van der Waals surface area contributed by atoms with Gasteiger partial charge in [0.25, 0.3) is 0 Å². The highest BCUT2D eigenvalue weighted by Gasteiger charge is 2.31. The predicted molar refractivity (Wildman–Crippen MR) is 593 cm³/mol. The standard InChI is InChI=1S/C69H43N5S.C61H37N7O/c1-6-20-44(21-7-1)45-34-36-49(37-35-45)68-70-67(48-26-12-4-13-27-48)71-69(72-68)50-42-56(46-22-8-2-9-23-46)64(57(43-50)47-24-10-3-11-25-47)74-59-33-19-17-31-55(59)63-61(74)41-39-53-52-38-40-60-62(65(52)75-66(53)63)54-30-16-18-32-58(54)73(60)51-28-14-5-15-29-51;1-4-18-38(19-5-1)46-36-40(59-64-60(48-26-14-16-34-62-48)66-61(65-59)49-27-15-17-35-63-49)37-47(39-20-6-2-7-21-39)56(46)68-51-29-13-11-25-45(51)55-53(68)33-31-43-42-30-32-52-54(57(42)69-58(43)55)44-24-10-12-28-50(44)67(52)41-22-8-3-9-23-41/h1-43H;1-37H. The van der Waals surface area contributed by atoms with Crippen molar-refractivity contribution in [1.29, 1.82) is 0 Å². The molecule has 0 aliphatic rings. The van der Waals surface area contributed by atoms with Gasteiger partial charge >= 0.3 is 0 Å². The zero-order valence-corrected chi connectivity index (χ0v) is 78.2. The number of thiophene rings is 1. The van der Waals surface area contributed by atoms with Crippen LogP contribution in [0.4, 0.5) is 0 Å². The van der Waals surface area contributed by atoms with Gasteiger partial charge in [-0.1, -0.05) is 340 Å². The first-order valence-electron chi connectivity index (χ1n) is 48.3. The summed E-state index contributed by atoms with van der Waals surface area (Å²) in [5.74, 6) is 3.27. The lowest BCUT2D eigenvalue weighted by atomic mass is 9.92. The van der Waals surface area contributed by atoms with Gasteiger partial charge in [0.05, 0.1) is 66.3 Å². The minimum atomic E-state index is 0.465. The maximum absolute atomic E-state index is 7.34. The Hall–Kier alpha value is -19.3. The highest BCUT2D eigenvalue weighted by molar-refractivity contribution is 7.27. The number of aromatic nitrogens is 12. The van der Waals surface area contributed by atoms with E-state index in [1.54, 1.807) is 12.4 Å². The van der Waals surface area contributed by atoms with Crippen LogP contribution in [0.5, 0.6) is 0 Å². The lowest BCUT2D eigenvalue weighted by Crippen LogP contribution is -2.04. The molecular weight excluding hydrogens is 1780 g/mol. The maximum Gasteiger partial charge on any atom is 0.182 e. The molecule has 0 aliphatic carbocycles. The van der Waals surface area contributed by atoms with E-state index in [4.69, 9.17) is 34.3 Å². The first kappa shape index (κ1) is 82.9. The van der Waals surface area contributed by atoms with Crippen LogP contribution in [-0.4, -0.2) is 58.1 Å². The number of furan rings is 1. The normalized spacial score (nSPS) is 11.8. The van der Waals surface area contributed by atoms with Gasteiger partial charge in [0.15, 0.2) is 34.9 Å². The van der Waals surface area contributed by atoms with Crippen molar-refractivity contribution >= 4 is 141 Å². The van der Waals surface area contributed by atoms with Crippen molar-refractivity contribution in [2.24, 2.45) is 0 Å². The minimum Gasteiger partial charge on any atom is -0.455 e. The van der Waals surface area contributed by atoms with E-state index in [-0.39, 0.29) is 0 Å². The molecule has 0 bridgehead atoms. The second-order valence-corrected chi connectivity index (χ2v) is 37.3. The van der Waals surface area contributed by atoms with Crippen LogP contribution >= 0.6 is 11.3 Å². The number of nitrogens with zero attached hydrogens (tertiary/aromatic N) is 12. The van der Waals surface area contributed by atoms with Gasteiger partial charge in [-0.3, -0.25) is 9.97 Å². The number of hydrogen-bond acceptors (Lipinski definition) is 10. The smallest absolute Gasteiger partial charge is 0.182 e. The molecule has 0 aliphatic heterocycles. The molecule has 672 valence electrons. The molecule has 0 fully saturated rings. The van der Waals surface area contributed by atoms with Gasteiger partial charge in [0.2, 0.25) is 0 Å². The second-order valence-electron chi connectivity index (χ2n) is 36.3. The van der Waals surface area contributed by atoms with Crippen molar-refractivity contribution < 1.29 is 4.42 Å². The Morgan fingerprint density at radius 1 is 0.181 bits per heavy atom. The lowest BCUT2D eigenvalue weighted by Gasteiger charge is -2.21. The van der Waals surface area contributed by atoms with Crippen LogP contribution in [0.1, 0.15) is 0 Å². The Morgan fingerprint density at radius 2 is 0.444 bits per heavy atom. The summed E-state index contributed by atoms with van der Waals surface area (Å²) in [5.41, 5.74) is 30.7. The first-order valence-corrected chi connectivity index (χ1v) is 49.2. The summed E-state index contributed by atoms with van der Waals surface area (Å²) in [6.45, 7) is 0. The number of fused-ring (bicyclic) bond motifs is 22. The van der Waals surface area contributed by atoms with E-state index >= 15 is 0 Å². The van der Waals surface area contributed by atoms with Crippen molar-refractivity contribution in [1.82, 2.24) is 58.1 Å². The summed E-state index contributed by atoms with van der Waals surface area (Å²) in [6.07, 6.45) is 3.51. The molecule has 13 nitrogen and oxygen atoms in total. The van der Waals surface area contributed by atoms with Crippen LogP contribution < -0.4 is 0 Å². The molecule has 29 rings (SSSR count). The molecule has 29 aromatic rings. The third-order valence-electron chi connectivity index (χ3n) is 28.0. The second kappa shape index (κ2) is 34.4. The van der Waals surface area contributed by atoms with Crippen molar-refractivity contribution in [3.63, 3.8) is 0 Å². The van der Waals surface area contributed by atoms with Crippen LogP contribution in [-0.2, 0) is 0 Å². The molecule has 10 heterocycles. The third-order valence-corrected chi connectivity index (χ3v) is 29.3. The van der Waals surface area contributed by atoms with Gasteiger partial charge in [0.1, 0.15) is 22.6 Å². The summed E-state index contributed by atoms with van der Waals surface area (Å²) in [7, 11) is 0. The number of rotatable bonds is 15. The molecule has 0 atom stereocenters. The molecule has 10 aromatic heterocycles. The Balaban J connectivity index is 0.000000141. The van der Waals surface area contributed by atoms with Crippen molar-refractivity contribution in [3.05, 3.63) is 486 Å². The van der Waals surface area contributed by atoms with E-state index in [1.807, 2.05) is 72.0 Å². The zero-order chi connectivity index (χ0) is 94.8. The molecular formula is C130H80N12OS. The topological polar surface area (TPSA) is 136 Å². The molecule has 0 N–H and O–H groups in total. The molecule has 0 saturated carbocycles. The molecule has 0 amide bonds. The van der Waals surface area contributed by atoms with E-state index in [9.17, 15) is 0 Å². The van der Waals surface area contributed by atoms with E-state index in [1.165, 1.54) is 52.8 Å². The Labute approximate surface area is 829 Å². The van der Waals surface area contributed by atoms with Crippen molar-refractivity contribution in [2.45, 2.75) is 0 Å². The number of hydrogen-bond donors (Lipinski definition) is 0. The number of para-hydroxylation sites is 6. The fraction of sp³-hybridized carbons (Fsp3) is 0. The van der Waals surface area contributed by atoms with Crippen LogP contribution in [0, 0.1) is 0 Å². The van der Waals surface area contributed by atoms with E-state index in [0.717, 1.165) is 177 Å². The van der Waals surface area contributed by atoms with Gasteiger partial charge in [-0.05, 0) is 167 Å². The number of benzene rings is 19. The summed E-state index contributed by atoms with van der Waals surface area (Å²) in [5, 5.41) is 14.1. The largest absolute Gasteiger partial charge is 0.455 e. The highest BCUT2D eigenvalue weighted by atomic mass is 32.1. The average Bonchev–Trinajstić information content (AvgIpc) is 1.54. The molecule has 144 heavy (non-hydrogen) atoms. The SMILES string of the molecule is c1ccc(-c2cc(-c3nc(-c4ccccn4)nc(-c4ccccn4)n3)cc(-c3ccccc3)c2-n2c3ccccc3c3c4oc5c(ccc6c5c5ccccc5n6-c5ccccc5)c4ccc32)cc1.c1ccc(-c2ccc(-c3nc(-c4ccccc4)nc(-c4cc(-c5ccccc5)c(-n5c6ccccc6c6c7sc8c(ccc9c8c8ccccc8n9-c8ccccc8)c7ccc65)c(-c5ccccc5)c4)n3)cc2)cc1. The summed E-state index contributed by atoms with van der Waals surface area (Å²) in [6, 6.07) is 167. The highest BCUT2D eigenvalue weighted by Crippen LogP contribution is 2.53. The monoisotopic (exact) mass is 1860 g/mol. The van der Waals surface area contributed by atoms with Crippen LogP contribution in [0.3, 0.4) is 0 Å². The summed E-state index contributed by atoms with van der Waals surface area (Å²) < 4.78 is 19.6. The molecule has 0 spiro atoms. The third kappa shape index (κ3) is 13.8. The lowest BCUT2D eigenvalue weighted by molar-refractivity contribution is 0.677. The van der Waals surface area contributed by atoms with Crippen molar-refractivity contribution in [3.8, 4) is 147 Å². The zero-order valence-electron chi connectivity index (χ0n) is 77.4. The molecule has 0 saturated heterocycles. The van der Waals surface area contributed by atoms with E-state index in [2.05, 4.69) is 441 Å². The van der Waals surface area contributed by atoms with Crippen LogP contribution in [0.15, 0.2) is 490 Å². The van der Waals surface area contributed by atoms with Gasteiger partial charge in [0, 0.05) is 132 Å². The van der Waals surface area contributed by atoms with E-state index < -0.39 is 0 Å². The molecule has 19 aromatic carbocycles. The van der Waals surface area contributed by atoms with Crippen LogP contribution in [0.25, 0.3) is 276 Å². The van der Waals surface area contributed by atoms with E-state index in [0.29, 0.717) is 46.3 Å². The summed E-state index contributed by atoms with van der Waals surface area (Å²) in [4.78, 5) is 40.3. The quantitative estimate of drug-likeness (QED) is 0.0982. The van der Waals surface area contributed by atoms with Crippen LogP contribution in [0.2, 0.25) is 0 Å². The van der Waals surface area contributed by atoms with Gasteiger partial charge in [-0.2, -0.15) is 0 Å². The Kier molecular flexibility index (Phi) is 19.8.